The second-order valence-electron chi connectivity index (χ2n) is 8.71. The lowest BCUT2D eigenvalue weighted by Crippen LogP contribution is -2.45. The molecule has 4 N–H and O–H groups in total. The topological polar surface area (TPSA) is 140 Å². The minimum atomic E-state index is -1.11. The van der Waals surface area contributed by atoms with Gasteiger partial charge in [-0.15, -0.1) is 6.58 Å². The fourth-order valence-electron chi connectivity index (χ4n) is 4.11. The largest absolute Gasteiger partial charge is 0.494 e. The number of amides is 2. The van der Waals surface area contributed by atoms with Gasteiger partial charge in [0.05, 0.1) is 38.2 Å². The second-order valence-corrected chi connectivity index (χ2v) is 8.71. The highest BCUT2D eigenvalue weighted by molar-refractivity contribution is 5.95. The molecule has 40 heavy (non-hydrogen) atoms. The van der Waals surface area contributed by atoms with Gasteiger partial charge in [-0.05, 0) is 74.2 Å². The molecule has 11 heteroatoms. The number of nitrogens with zero attached hydrogens (tertiary/aromatic N) is 1. The van der Waals surface area contributed by atoms with E-state index in [1.54, 1.807) is 37.4 Å². The molecule has 0 bridgehead atoms. The number of hydrogen-bond donors (Lipinski definition) is 4. The van der Waals surface area contributed by atoms with Gasteiger partial charge in [0, 0.05) is 5.70 Å². The zero-order chi connectivity index (χ0) is 29.1. The van der Waals surface area contributed by atoms with E-state index in [1.165, 1.54) is 7.11 Å². The van der Waals surface area contributed by atoms with Crippen molar-refractivity contribution in [3.63, 3.8) is 0 Å². The van der Waals surface area contributed by atoms with Gasteiger partial charge in [-0.3, -0.25) is 5.43 Å². The van der Waals surface area contributed by atoms with Crippen molar-refractivity contribution in [2.75, 3.05) is 26.9 Å². The van der Waals surface area contributed by atoms with E-state index in [0.29, 0.717) is 42.4 Å². The molecule has 1 aliphatic rings. The van der Waals surface area contributed by atoms with E-state index in [0.717, 1.165) is 16.9 Å². The molecule has 2 aromatic rings. The van der Waals surface area contributed by atoms with Crippen LogP contribution in [0.3, 0.4) is 0 Å². The molecule has 1 aliphatic heterocycles. The molecule has 0 saturated heterocycles. The van der Waals surface area contributed by atoms with Gasteiger partial charge in [-0.25, -0.2) is 9.59 Å². The summed E-state index contributed by atoms with van der Waals surface area (Å²) in [7, 11) is 1.28. The zero-order valence-electron chi connectivity index (χ0n) is 23.2. The van der Waals surface area contributed by atoms with Gasteiger partial charge in [0.25, 0.3) is 0 Å². The fraction of sp³-hybridized carbons (Fsp3) is 0.345. The summed E-state index contributed by atoms with van der Waals surface area (Å²) < 4.78 is 22.1. The molecule has 3 rings (SSSR count). The molecular weight excluding hydrogens is 516 g/mol. The predicted octanol–water partition coefficient (Wildman–Crippen LogP) is 3.33. The van der Waals surface area contributed by atoms with Gasteiger partial charge in [0.1, 0.15) is 12.4 Å². The molecule has 0 aliphatic carbocycles. The third-order valence-corrected chi connectivity index (χ3v) is 5.86. The third-order valence-electron chi connectivity index (χ3n) is 5.86. The Kier molecular flexibility index (Phi) is 11.0. The Morgan fingerprint density at radius 2 is 1.85 bits per heavy atom. The maximum absolute atomic E-state index is 12.4. The van der Waals surface area contributed by atoms with E-state index in [2.05, 4.69) is 27.7 Å². The summed E-state index contributed by atoms with van der Waals surface area (Å²) in [5.74, 6) is 0.989. The van der Waals surface area contributed by atoms with Crippen molar-refractivity contribution in [1.29, 1.82) is 0 Å². The maximum Gasteiger partial charge on any atom is 0.337 e. The number of ether oxygens (including phenoxy) is 4. The predicted molar refractivity (Wildman–Crippen MR) is 150 cm³/mol. The van der Waals surface area contributed by atoms with Gasteiger partial charge in [-0.1, -0.05) is 12.1 Å². The van der Waals surface area contributed by atoms with Crippen molar-refractivity contribution in [2.24, 2.45) is 5.10 Å². The summed E-state index contributed by atoms with van der Waals surface area (Å²) in [5, 5.41) is 19.8. The Labute approximate surface area is 233 Å². The van der Waals surface area contributed by atoms with Gasteiger partial charge in [-0.2, -0.15) is 5.10 Å². The summed E-state index contributed by atoms with van der Waals surface area (Å²) in [6.45, 7) is 9.95. The number of rotatable bonds is 14. The van der Waals surface area contributed by atoms with E-state index in [9.17, 15) is 14.7 Å². The highest BCUT2D eigenvalue weighted by Crippen LogP contribution is 2.35. The molecular formula is C29H36N4O7. The standard InChI is InChI=1S/C29H36N4O7/c1-6-9-20-14-19(10-12-22(20)38-7-2)16-30-33-25(34)17-40-23-13-11-21(15-24(23)39-8-3)27-26(28(35)37-5)18(4)31-29(36)32-27/h6,10-16,25,27,33-34H,1,7-9,17H2,2-5H3,(H2,31,32,36)/b30-16-/t25-,27-/m1/s1. The molecule has 11 nitrogen and oxygen atoms in total. The summed E-state index contributed by atoms with van der Waals surface area (Å²) in [4.78, 5) is 24.5. The lowest BCUT2D eigenvalue weighted by molar-refractivity contribution is -0.136. The Morgan fingerprint density at radius 1 is 1.12 bits per heavy atom. The van der Waals surface area contributed by atoms with E-state index < -0.39 is 24.3 Å². The summed E-state index contributed by atoms with van der Waals surface area (Å²) in [6.07, 6.45) is 2.94. The number of nitrogens with one attached hydrogen (secondary N) is 3. The van der Waals surface area contributed by atoms with Gasteiger partial charge in [0.15, 0.2) is 17.7 Å². The fourth-order valence-corrected chi connectivity index (χ4v) is 4.11. The molecule has 0 unspecified atom stereocenters. The Morgan fingerprint density at radius 3 is 2.55 bits per heavy atom. The highest BCUT2D eigenvalue weighted by atomic mass is 16.5. The monoisotopic (exact) mass is 552 g/mol. The van der Waals surface area contributed by atoms with Crippen molar-refractivity contribution in [3.8, 4) is 17.2 Å². The van der Waals surface area contributed by atoms with Crippen LogP contribution >= 0.6 is 0 Å². The molecule has 2 atom stereocenters. The first kappa shape index (κ1) is 30.0. The molecule has 0 saturated carbocycles. The van der Waals surface area contributed by atoms with E-state index in [4.69, 9.17) is 18.9 Å². The minimum Gasteiger partial charge on any atom is -0.494 e. The number of benzene rings is 2. The number of carbonyl (C=O) groups excluding carboxylic acids is 2. The van der Waals surface area contributed by atoms with Crippen LogP contribution in [0.2, 0.25) is 0 Å². The van der Waals surface area contributed by atoms with Crippen LogP contribution < -0.4 is 30.3 Å². The van der Waals surface area contributed by atoms with Crippen LogP contribution in [0.5, 0.6) is 17.2 Å². The Balaban J connectivity index is 1.68. The summed E-state index contributed by atoms with van der Waals surface area (Å²) >= 11 is 0. The Hall–Kier alpha value is -4.51. The highest BCUT2D eigenvalue weighted by Gasteiger charge is 2.32. The number of esters is 1. The maximum atomic E-state index is 12.4. The molecule has 2 amide bonds. The molecule has 0 radical (unpaired) electrons. The number of hydrogen-bond acceptors (Lipinski definition) is 9. The number of aliphatic hydroxyl groups is 1. The van der Waals surface area contributed by atoms with Crippen molar-refractivity contribution in [2.45, 2.75) is 39.5 Å². The SMILES string of the molecule is C=CCc1cc(/C=N\N[C@H](O)COc2ccc([C@H]3NC(=O)NC(C)=C3C(=O)OC)cc2OCC)ccc1OCC. The van der Waals surface area contributed by atoms with Crippen LogP contribution in [0.15, 0.2) is 65.4 Å². The first-order chi connectivity index (χ1) is 19.3. The van der Waals surface area contributed by atoms with Gasteiger partial charge >= 0.3 is 12.0 Å². The van der Waals surface area contributed by atoms with Crippen molar-refractivity contribution in [1.82, 2.24) is 16.1 Å². The third kappa shape index (κ3) is 7.76. The molecule has 0 spiro atoms. The molecule has 0 aromatic heterocycles. The lowest BCUT2D eigenvalue weighted by atomic mass is 9.95. The second kappa shape index (κ2) is 14.6. The van der Waals surface area contributed by atoms with Crippen LogP contribution in [0.1, 0.15) is 43.5 Å². The van der Waals surface area contributed by atoms with Gasteiger partial charge in [0.2, 0.25) is 0 Å². The first-order valence-electron chi connectivity index (χ1n) is 12.9. The Bertz CT molecular complexity index is 1280. The smallest absolute Gasteiger partial charge is 0.337 e. The van der Waals surface area contributed by atoms with Gasteiger partial charge < -0.3 is 34.7 Å². The number of methoxy groups -OCH3 is 1. The quantitative estimate of drug-likeness (QED) is 0.0920. The van der Waals surface area contributed by atoms with Crippen LogP contribution in [0.4, 0.5) is 4.79 Å². The number of urea groups is 1. The number of aliphatic hydroxyl groups excluding tert-OH is 1. The van der Waals surface area contributed by atoms with Crippen molar-refractivity contribution >= 4 is 18.2 Å². The first-order valence-corrected chi connectivity index (χ1v) is 12.9. The molecule has 1 heterocycles. The molecule has 0 fully saturated rings. The minimum absolute atomic E-state index is 0.127. The number of hydrazone groups is 1. The van der Waals surface area contributed by atoms with Crippen LogP contribution in [0, 0.1) is 0 Å². The van der Waals surface area contributed by atoms with Crippen LogP contribution in [0.25, 0.3) is 0 Å². The van der Waals surface area contributed by atoms with E-state index in [-0.39, 0.29) is 12.2 Å². The molecule has 214 valence electrons. The lowest BCUT2D eigenvalue weighted by Gasteiger charge is -2.28. The summed E-state index contributed by atoms with van der Waals surface area (Å²) in [6, 6.07) is 9.54. The van der Waals surface area contributed by atoms with E-state index in [1.807, 2.05) is 32.0 Å². The summed E-state index contributed by atoms with van der Waals surface area (Å²) in [5.41, 5.74) is 5.73. The average molecular weight is 553 g/mol. The number of carbonyl (C=O) groups is 2. The average Bonchev–Trinajstić information content (AvgIpc) is 2.93. The number of allylic oxidation sites excluding steroid dienone is 2. The normalized spacial score (nSPS) is 15.6. The van der Waals surface area contributed by atoms with E-state index >= 15 is 0 Å². The van der Waals surface area contributed by atoms with Crippen LogP contribution in [-0.4, -0.2) is 56.5 Å². The van der Waals surface area contributed by atoms with Crippen molar-refractivity contribution < 1.29 is 33.6 Å². The van der Waals surface area contributed by atoms with Crippen LogP contribution in [-0.2, 0) is 16.0 Å². The molecule has 2 aromatic carbocycles. The van der Waals surface area contributed by atoms with Crippen molar-refractivity contribution in [3.05, 3.63) is 77.0 Å². The zero-order valence-corrected chi connectivity index (χ0v) is 23.2.